The molecule has 0 heterocycles. The maximum Gasteiger partial charge on any atom is 0.0745 e. The maximum atomic E-state index is 9.11. The smallest absolute Gasteiger partial charge is 0.0745 e. The molecule has 1 rings (SSSR count). The average Bonchev–Trinajstić information content (AvgIpc) is 2.82. The van der Waals surface area contributed by atoms with Crippen molar-refractivity contribution in [3.05, 3.63) is 0 Å². The molecule has 1 N–H and O–H groups in total. The first-order chi connectivity index (χ1) is 6.08. The third-order valence-electron chi connectivity index (χ3n) is 2.86. The minimum Gasteiger partial charge on any atom is -0.391 e. The van der Waals surface area contributed by atoms with Gasteiger partial charge in [0.05, 0.1) is 18.3 Å². The molecular formula is C11H22O2. The Morgan fingerprint density at radius 1 is 1.38 bits per heavy atom. The van der Waals surface area contributed by atoms with E-state index in [9.17, 15) is 0 Å². The van der Waals surface area contributed by atoms with E-state index in [4.69, 9.17) is 9.84 Å². The zero-order valence-electron chi connectivity index (χ0n) is 9.05. The van der Waals surface area contributed by atoms with Gasteiger partial charge in [-0.05, 0) is 32.1 Å². The highest BCUT2D eigenvalue weighted by molar-refractivity contribution is 4.96. The fourth-order valence-electron chi connectivity index (χ4n) is 1.62. The summed E-state index contributed by atoms with van der Waals surface area (Å²) >= 11 is 0. The summed E-state index contributed by atoms with van der Waals surface area (Å²) in [5.74, 6) is 0.747. The van der Waals surface area contributed by atoms with E-state index in [0.29, 0.717) is 6.61 Å². The molecule has 0 amide bonds. The van der Waals surface area contributed by atoms with Crippen LogP contribution in [0.1, 0.15) is 46.5 Å². The molecule has 0 spiro atoms. The van der Waals surface area contributed by atoms with Crippen LogP contribution in [-0.2, 0) is 4.74 Å². The Kier molecular flexibility index (Phi) is 3.74. The highest BCUT2D eigenvalue weighted by atomic mass is 16.5. The molecule has 13 heavy (non-hydrogen) atoms. The molecule has 0 radical (unpaired) electrons. The van der Waals surface area contributed by atoms with Gasteiger partial charge in [-0.2, -0.15) is 0 Å². The lowest BCUT2D eigenvalue weighted by molar-refractivity contribution is -0.0280. The topological polar surface area (TPSA) is 29.5 Å². The van der Waals surface area contributed by atoms with Gasteiger partial charge in [-0.1, -0.05) is 20.3 Å². The second-order valence-corrected chi connectivity index (χ2v) is 4.56. The van der Waals surface area contributed by atoms with Gasteiger partial charge in [0, 0.05) is 0 Å². The molecule has 78 valence electrons. The van der Waals surface area contributed by atoms with Crippen LogP contribution in [0.25, 0.3) is 0 Å². The molecule has 1 saturated carbocycles. The molecular weight excluding hydrogens is 164 g/mol. The Labute approximate surface area is 81.3 Å². The molecule has 2 nitrogen and oxygen atoms in total. The Morgan fingerprint density at radius 2 is 2.00 bits per heavy atom. The summed E-state index contributed by atoms with van der Waals surface area (Å²) in [6, 6.07) is 0. The van der Waals surface area contributed by atoms with E-state index in [1.807, 2.05) is 0 Å². The quantitative estimate of drug-likeness (QED) is 0.690. The molecule has 0 saturated heterocycles. The number of aliphatic hydroxyl groups excluding tert-OH is 1. The van der Waals surface area contributed by atoms with E-state index in [1.165, 1.54) is 19.3 Å². The predicted molar refractivity (Wildman–Crippen MR) is 53.7 cm³/mol. The van der Waals surface area contributed by atoms with Crippen LogP contribution >= 0.6 is 0 Å². The van der Waals surface area contributed by atoms with Crippen molar-refractivity contribution in [3.8, 4) is 0 Å². The molecule has 2 heteroatoms. The normalized spacial score (nSPS) is 24.0. The minimum absolute atomic E-state index is 0.145. The van der Waals surface area contributed by atoms with Gasteiger partial charge in [0.25, 0.3) is 0 Å². The minimum atomic E-state index is -0.325. The van der Waals surface area contributed by atoms with E-state index in [1.54, 1.807) is 6.92 Å². The van der Waals surface area contributed by atoms with Crippen molar-refractivity contribution < 1.29 is 9.84 Å². The Hall–Kier alpha value is -0.0800. The van der Waals surface area contributed by atoms with Gasteiger partial charge in [0.15, 0.2) is 0 Å². The van der Waals surface area contributed by atoms with Crippen LogP contribution in [0.4, 0.5) is 0 Å². The van der Waals surface area contributed by atoms with E-state index in [-0.39, 0.29) is 11.7 Å². The molecule has 1 aliphatic rings. The molecule has 1 aliphatic carbocycles. The number of hydrogen-bond donors (Lipinski definition) is 1. The highest BCUT2D eigenvalue weighted by Gasteiger charge is 2.44. The maximum absolute atomic E-state index is 9.11. The largest absolute Gasteiger partial charge is 0.391 e. The van der Waals surface area contributed by atoms with Gasteiger partial charge in [-0.15, -0.1) is 0 Å². The summed E-state index contributed by atoms with van der Waals surface area (Å²) in [4.78, 5) is 0. The van der Waals surface area contributed by atoms with E-state index < -0.39 is 0 Å². The van der Waals surface area contributed by atoms with Crippen molar-refractivity contribution in [2.24, 2.45) is 5.92 Å². The lowest BCUT2D eigenvalue weighted by atomic mass is 9.99. The zero-order valence-corrected chi connectivity index (χ0v) is 9.05. The van der Waals surface area contributed by atoms with Crippen LogP contribution in [0.15, 0.2) is 0 Å². The fraction of sp³-hybridized carbons (Fsp3) is 1.00. The first-order valence-electron chi connectivity index (χ1n) is 5.40. The number of hydrogen-bond acceptors (Lipinski definition) is 2. The van der Waals surface area contributed by atoms with Gasteiger partial charge in [-0.25, -0.2) is 0 Å². The number of ether oxygens (including phenoxy) is 1. The Bertz CT molecular complexity index is 150. The third kappa shape index (κ3) is 3.65. The molecule has 0 bridgehead atoms. The van der Waals surface area contributed by atoms with Crippen molar-refractivity contribution in [3.63, 3.8) is 0 Å². The Balaban J connectivity index is 2.22. The molecule has 2 unspecified atom stereocenters. The van der Waals surface area contributed by atoms with Crippen molar-refractivity contribution in [2.75, 3.05) is 6.61 Å². The van der Waals surface area contributed by atoms with Crippen molar-refractivity contribution in [1.82, 2.24) is 0 Å². The van der Waals surface area contributed by atoms with Gasteiger partial charge in [0.2, 0.25) is 0 Å². The summed E-state index contributed by atoms with van der Waals surface area (Å²) in [5.41, 5.74) is 0.145. The summed E-state index contributed by atoms with van der Waals surface area (Å²) in [6.45, 7) is 6.76. The first kappa shape index (κ1) is 11.0. The fourth-order valence-corrected chi connectivity index (χ4v) is 1.62. The molecule has 0 aromatic rings. The lowest BCUT2D eigenvalue weighted by Crippen LogP contribution is -2.23. The average molecular weight is 186 g/mol. The highest BCUT2D eigenvalue weighted by Crippen LogP contribution is 2.45. The van der Waals surface area contributed by atoms with Gasteiger partial charge in [0.1, 0.15) is 0 Å². The van der Waals surface area contributed by atoms with Crippen molar-refractivity contribution in [2.45, 2.75) is 58.2 Å². The zero-order chi connectivity index (χ0) is 9.90. The van der Waals surface area contributed by atoms with Gasteiger partial charge in [-0.3, -0.25) is 0 Å². The number of rotatable bonds is 6. The first-order valence-corrected chi connectivity index (χ1v) is 5.40. The Morgan fingerprint density at radius 3 is 2.38 bits per heavy atom. The van der Waals surface area contributed by atoms with E-state index in [0.717, 1.165) is 12.3 Å². The molecule has 1 fully saturated rings. The second kappa shape index (κ2) is 4.43. The van der Waals surface area contributed by atoms with Crippen LogP contribution in [0.3, 0.4) is 0 Å². The monoisotopic (exact) mass is 186 g/mol. The summed E-state index contributed by atoms with van der Waals surface area (Å²) < 4.78 is 5.72. The van der Waals surface area contributed by atoms with E-state index in [2.05, 4.69) is 13.8 Å². The lowest BCUT2D eigenvalue weighted by Gasteiger charge is -2.20. The molecule has 0 aromatic heterocycles. The van der Waals surface area contributed by atoms with Crippen molar-refractivity contribution >= 4 is 0 Å². The van der Waals surface area contributed by atoms with E-state index >= 15 is 0 Å². The molecule has 0 aromatic carbocycles. The summed E-state index contributed by atoms with van der Waals surface area (Å²) in [6.07, 6.45) is 4.43. The second-order valence-electron chi connectivity index (χ2n) is 4.56. The standard InChI is InChI=1S/C11H22O2/c1-4-9(2)7-11(5-6-11)13-8-10(3)12/h9-10,12H,4-8H2,1-3H3. The SMILES string of the molecule is CCC(C)CC1(OCC(C)O)CC1. The molecule has 2 atom stereocenters. The van der Waals surface area contributed by atoms with Gasteiger partial charge >= 0.3 is 0 Å². The number of aliphatic hydroxyl groups is 1. The molecule has 0 aliphatic heterocycles. The van der Waals surface area contributed by atoms with Gasteiger partial charge < -0.3 is 9.84 Å². The van der Waals surface area contributed by atoms with Crippen LogP contribution in [0.2, 0.25) is 0 Å². The third-order valence-corrected chi connectivity index (χ3v) is 2.86. The summed E-state index contributed by atoms with van der Waals surface area (Å²) in [5, 5.41) is 9.11. The summed E-state index contributed by atoms with van der Waals surface area (Å²) in [7, 11) is 0. The van der Waals surface area contributed by atoms with Crippen LogP contribution < -0.4 is 0 Å². The van der Waals surface area contributed by atoms with Crippen LogP contribution in [-0.4, -0.2) is 23.4 Å². The predicted octanol–water partition coefficient (Wildman–Crippen LogP) is 2.35. The van der Waals surface area contributed by atoms with Crippen LogP contribution in [0.5, 0.6) is 0 Å². The van der Waals surface area contributed by atoms with Crippen LogP contribution in [0, 0.1) is 5.92 Å². The van der Waals surface area contributed by atoms with Crippen molar-refractivity contribution in [1.29, 1.82) is 0 Å².